The van der Waals surface area contributed by atoms with Crippen LogP contribution in [0.2, 0.25) is 0 Å². The molecule has 1 aliphatic heterocycles. The standard InChI is InChI=1S/C22H21N5O3/c1-16-18(8-5-9-20(16)27(29)30)22(28)26-12-10-25(11-13-26)21-14-19(23-15-24-21)17-6-3-2-4-7-17/h2-9,14-15H,10-13H2,1H3. The summed E-state index contributed by atoms with van der Waals surface area (Å²) in [6.07, 6.45) is 1.56. The number of rotatable bonds is 4. The molecule has 2 aromatic carbocycles. The lowest BCUT2D eigenvalue weighted by molar-refractivity contribution is -0.385. The molecular formula is C22H21N5O3. The average molecular weight is 403 g/mol. The SMILES string of the molecule is Cc1c(C(=O)N2CCN(c3cc(-c4ccccc4)ncn3)CC2)cccc1[N+](=O)[O-]. The quantitative estimate of drug-likeness (QED) is 0.490. The molecule has 1 fully saturated rings. The number of piperazine rings is 1. The molecule has 1 saturated heterocycles. The van der Waals surface area contributed by atoms with Crippen molar-refractivity contribution in [3.05, 3.63) is 82.2 Å². The second-order valence-electron chi connectivity index (χ2n) is 7.11. The molecule has 1 amide bonds. The minimum atomic E-state index is -0.455. The van der Waals surface area contributed by atoms with Crippen molar-refractivity contribution in [3.63, 3.8) is 0 Å². The Morgan fingerprint density at radius 1 is 1.00 bits per heavy atom. The Bertz CT molecular complexity index is 1080. The van der Waals surface area contributed by atoms with Gasteiger partial charge in [0.1, 0.15) is 12.1 Å². The number of amides is 1. The minimum absolute atomic E-state index is 0.0334. The molecule has 1 aliphatic rings. The monoisotopic (exact) mass is 403 g/mol. The first-order valence-corrected chi connectivity index (χ1v) is 9.70. The fourth-order valence-electron chi connectivity index (χ4n) is 3.65. The Morgan fingerprint density at radius 3 is 2.43 bits per heavy atom. The first kappa shape index (κ1) is 19.5. The van der Waals surface area contributed by atoms with E-state index in [-0.39, 0.29) is 11.6 Å². The van der Waals surface area contributed by atoms with Gasteiger partial charge in [-0.1, -0.05) is 36.4 Å². The maximum absolute atomic E-state index is 12.9. The molecule has 1 aromatic heterocycles. The van der Waals surface area contributed by atoms with Gasteiger partial charge in [0.2, 0.25) is 0 Å². The highest BCUT2D eigenvalue weighted by Gasteiger charge is 2.26. The molecule has 4 rings (SSSR count). The largest absolute Gasteiger partial charge is 0.353 e. The molecule has 0 radical (unpaired) electrons. The molecule has 0 bridgehead atoms. The lowest BCUT2D eigenvalue weighted by Crippen LogP contribution is -2.49. The van der Waals surface area contributed by atoms with Gasteiger partial charge < -0.3 is 9.80 Å². The lowest BCUT2D eigenvalue weighted by Gasteiger charge is -2.35. The Morgan fingerprint density at radius 2 is 1.73 bits per heavy atom. The van der Waals surface area contributed by atoms with E-state index in [2.05, 4.69) is 14.9 Å². The van der Waals surface area contributed by atoms with Crippen molar-refractivity contribution < 1.29 is 9.72 Å². The second-order valence-corrected chi connectivity index (χ2v) is 7.11. The van der Waals surface area contributed by atoms with Crippen LogP contribution in [-0.2, 0) is 0 Å². The van der Waals surface area contributed by atoms with E-state index in [1.54, 1.807) is 30.3 Å². The number of carbonyl (C=O) groups is 1. The molecule has 0 spiro atoms. The zero-order chi connectivity index (χ0) is 21.1. The first-order valence-electron chi connectivity index (χ1n) is 9.70. The number of hydrogen-bond donors (Lipinski definition) is 0. The van der Waals surface area contributed by atoms with Crippen molar-refractivity contribution in [1.82, 2.24) is 14.9 Å². The topological polar surface area (TPSA) is 92.5 Å². The van der Waals surface area contributed by atoms with Crippen molar-refractivity contribution >= 4 is 17.4 Å². The van der Waals surface area contributed by atoms with Gasteiger partial charge in [-0.15, -0.1) is 0 Å². The zero-order valence-corrected chi connectivity index (χ0v) is 16.6. The van der Waals surface area contributed by atoms with Crippen molar-refractivity contribution in [3.8, 4) is 11.3 Å². The van der Waals surface area contributed by atoms with Crippen LogP contribution in [0.1, 0.15) is 15.9 Å². The first-order chi connectivity index (χ1) is 14.5. The van der Waals surface area contributed by atoms with E-state index in [1.807, 2.05) is 36.4 Å². The van der Waals surface area contributed by atoms with Crippen molar-refractivity contribution in [2.45, 2.75) is 6.92 Å². The maximum Gasteiger partial charge on any atom is 0.273 e. The normalized spacial score (nSPS) is 13.9. The third-order valence-electron chi connectivity index (χ3n) is 5.35. The molecular weight excluding hydrogens is 382 g/mol. The molecule has 0 atom stereocenters. The summed E-state index contributed by atoms with van der Waals surface area (Å²) in [6, 6.07) is 16.5. The molecule has 2 heterocycles. The van der Waals surface area contributed by atoms with E-state index in [1.165, 1.54) is 6.07 Å². The van der Waals surface area contributed by atoms with Gasteiger partial charge in [0.05, 0.1) is 10.6 Å². The summed E-state index contributed by atoms with van der Waals surface area (Å²) in [6.45, 7) is 3.92. The molecule has 3 aromatic rings. The van der Waals surface area contributed by atoms with E-state index < -0.39 is 4.92 Å². The summed E-state index contributed by atoms with van der Waals surface area (Å²) in [5, 5.41) is 11.2. The zero-order valence-electron chi connectivity index (χ0n) is 16.6. The van der Waals surface area contributed by atoms with E-state index in [9.17, 15) is 14.9 Å². The van der Waals surface area contributed by atoms with Crippen LogP contribution in [0.25, 0.3) is 11.3 Å². The second kappa shape index (κ2) is 8.28. The molecule has 30 heavy (non-hydrogen) atoms. The maximum atomic E-state index is 12.9. The van der Waals surface area contributed by atoms with Gasteiger partial charge in [-0.05, 0) is 13.0 Å². The summed E-state index contributed by atoms with van der Waals surface area (Å²) >= 11 is 0. The molecule has 0 N–H and O–H groups in total. The smallest absolute Gasteiger partial charge is 0.273 e. The van der Waals surface area contributed by atoms with Crippen LogP contribution in [0.15, 0.2) is 60.9 Å². The van der Waals surface area contributed by atoms with Crippen LogP contribution in [0.3, 0.4) is 0 Å². The average Bonchev–Trinajstić information content (AvgIpc) is 2.79. The summed E-state index contributed by atoms with van der Waals surface area (Å²) in [7, 11) is 0. The minimum Gasteiger partial charge on any atom is -0.353 e. The van der Waals surface area contributed by atoms with Crippen molar-refractivity contribution in [2.24, 2.45) is 0 Å². The van der Waals surface area contributed by atoms with Gasteiger partial charge in [0.25, 0.3) is 11.6 Å². The summed E-state index contributed by atoms with van der Waals surface area (Å²) < 4.78 is 0. The summed E-state index contributed by atoms with van der Waals surface area (Å²) in [4.78, 5) is 36.3. The Hall–Kier alpha value is -3.81. The number of nitro benzene ring substituents is 1. The number of benzene rings is 2. The van der Waals surface area contributed by atoms with E-state index in [4.69, 9.17) is 0 Å². The molecule has 0 aliphatic carbocycles. The Kier molecular flexibility index (Phi) is 5.38. The Labute approximate surface area is 174 Å². The number of aromatic nitrogens is 2. The summed E-state index contributed by atoms with van der Waals surface area (Å²) in [5.74, 6) is 0.644. The lowest BCUT2D eigenvalue weighted by atomic mass is 10.1. The number of nitrogens with zero attached hydrogens (tertiary/aromatic N) is 5. The van der Waals surface area contributed by atoms with Gasteiger partial charge in [0, 0.05) is 55.0 Å². The third-order valence-corrected chi connectivity index (χ3v) is 5.35. The van der Waals surface area contributed by atoms with Crippen LogP contribution < -0.4 is 4.90 Å². The van der Waals surface area contributed by atoms with Crippen LogP contribution in [0.4, 0.5) is 11.5 Å². The third kappa shape index (κ3) is 3.84. The van der Waals surface area contributed by atoms with E-state index in [0.717, 1.165) is 17.1 Å². The highest BCUT2D eigenvalue weighted by Crippen LogP contribution is 2.24. The Balaban J connectivity index is 1.47. The highest BCUT2D eigenvalue weighted by atomic mass is 16.6. The predicted molar refractivity (Wildman–Crippen MR) is 113 cm³/mol. The number of carbonyl (C=O) groups excluding carboxylic acids is 1. The molecule has 8 nitrogen and oxygen atoms in total. The summed E-state index contributed by atoms with van der Waals surface area (Å²) in [5.41, 5.74) is 2.63. The van der Waals surface area contributed by atoms with Gasteiger partial charge >= 0.3 is 0 Å². The fourth-order valence-corrected chi connectivity index (χ4v) is 3.65. The van der Waals surface area contributed by atoms with Crippen molar-refractivity contribution in [1.29, 1.82) is 0 Å². The van der Waals surface area contributed by atoms with E-state index >= 15 is 0 Å². The number of anilines is 1. The molecule has 8 heteroatoms. The fraction of sp³-hybridized carbons (Fsp3) is 0.227. The van der Waals surface area contributed by atoms with Crippen LogP contribution in [0.5, 0.6) is 0 Å². The van der Waals surface area contributed by atoms with Gasteiger partial charge in [0.15, 0.2) is 0 Å². The predicted octanol–water partition coefficient (Wildman–Crippen LogP) is 3.32. The highest BCUT2D eigenvalue weighted by molar-refractivity contribution is 5.96. The van der Waals surface area contributed by atoms with Gasteiger partial charge in [-0.2, -0.15) is 0 Å². The molecule has 0 unspecified atom stereocenters. The number of hydrogen-bond acceptors (Lipinski definition) is 6. The molecule has 152 valence electrons. The molecule has 0 saturated carbocycles. The van der Waals surface area contributed by atoms with Crippen LogP contribution in [0, 0.1) is 17.0 Å². The van der Waals surface area contributed by atoms with Gasteiger partial charge in [-0.3, -0.25) is 14.9 Å². The van der Waals surface area contributed by atoms with Crippen molar-refractivity contribution in [2.75, 3.05) is 31.1 Å². The van der Waals surface area contributed by atoms with E-state index in [0.29, 0.717) is 37.3 Å². The number of nitro groups is 1. The van der Waals surface area contributed by atoms with Crippen LogP contribution in [-0.4, -0.2) is 51.9 Å². The van der Waals surface area contributed by atoms with Crippen LogP contribution >= 0.6 is 0 Å². The van der Waals surface area contributed by atoms with Gasteiger partial charge in [-0.25, -0.2) is 9.97 Å².